The molecule has 0 atom stereocenters. The first-order valence-electron chi connectivity index (χ1n) is 4.56. The Morgan fingerprint density at radius 1 is 1.09 bits per heavy atom. The molecular formula is C10H20Ge. The van der Waals surface area contributed by atoms with Gasteiger partial charge in [-0.2, -0.15) is 0 Å². The molecule has 0 saturated carbocycles. The van der Waals surface area contributed by atoms with Gasteiger partial charge in [-0.05, 0) is 0 Å². The zero-order valence-corrected chi connectivity index (χ0v) is 10.4. The van der Waals surface area contributed by atoms with Crippen molar-refractivity contribution in [2.75, 3.05) is 0 Å². The standard InChI is InChI=1S/C10H20Ge/c1-5-6-7-8-9-10-11(2,3)4/h5-8H2,1-4H3. The van der Waals surface area contributed by atoms with Crippen LogP contribution in [-0.4, -0.2) is 13.3 Å². The monoisotopic (exact) mass is 214 g/mol. The van der Waals surface area contributed by atoms with Crippen molar-refractivity contribution in [3.05, 3.63) is 0 Å². The Balaban J connectivity index is 3.41. The van der Waals surface area contributed by atoms with E-state index in [0.717, 1.165) is 6.42 Å². The predicted octanol–water partition coefficient (Wildman–Crippen LogP) is 3.45. The average molecular weight is 213 g/mol. The summed E-state index contributed by atoms with van der Waals surface area (Å²) in [6.45, 7) is 2.23. The fourth-order valence-corrected chi connectivity index (χ4v) is 2.17. The molecule has 0 nitrogen and oxygen atoms in total. The van der Waals surface area contributed by atoms with Gasteiger partial charge in [-0.15, -0.1) is 0 Å². The second kappa shape index (κ2) is 5.72. The van der Waals surface area contributed by atoms with Crippen LogP contribution in [0.2, 0.25) is 17.3 Å². The number of rotatable bonds is 3. The first-order chi connectivity index (χ1) is 5.06. The van der Waals surface area contributed by atoms with E-state index in [2.05, 4.69) is 34.9 Å². The van der Waals surface area contributed by atoms with Crippen molar-refractivity contribution in [1.82, 2.24) is 0 Å². The molecule has 0 aliphatic rings. The van der Waals surface area contributed by atoms with Crippen molar-refractivity contribution >= 4 is 13.3 Å². The third-order valence-corrected chi connectivity index (χ3v) is 3.31. The Morgan fingerprint density at radius 3 is 2.18 bits per heavy atom. The van der Waals surface area contributed by atoms with E-state index in [-0.39, 0.29) is 0 Å². The van der Waals surface area contributed by atoms with Gasteiger partial charge in [0.25, 0.3) is 0 Å². The van der Waals surface area contributed by atoms with Gasteiger partial charge >= 0.3 is 73.8 Å². The first-order valence-corrected chi connectivity index (χ1v) is 11.9. The van der Waals surface area contributed by atoms with E-state index in [4.69, 9.17) is 0 Å². The van der Waals surface area contributed by atoms with Gasteiger partial charge in [-0.1, -0.05) is 0 Å². The van der Waals surface area contributed by atoms with Crippen LogP contribution in [0.5, 0.6) is 0 Å². The van der Waals surface area contributed by atoms with Crippen LogP contribution in [0.3, 0.4) is 0 Å². The van der Waals surface area contributed by atoms with E-state index in [1.807, 2.05) is 0 Å². The molecule has 0 heterocycles. The van der Waals surface area contributed by atoms with Gasteiger partial charge in [0.2, 0.25) is 0 Å². The number of hydrogen-bond donors (Lipinski definition) is 0. The molecule has 0 radical (unpaired) electrons. The molecule has 0 aromatic heterocycles. The van der Waals surface area contributed by atoms with Crippen molar-refractivity contribution in [3.8, 4) is 10.7 Å². The van der Waals surface area contributed by atoms with Crippen molar-refractivity contribution in [2.24, 2.45) is 0 Å². The van der Waals surface area contributed by atoms with Gasteiger partial charge in [0, 0.05) is 0 Å². The van der Waals surface area contributed by atoms with Crippen molar-refractivity contribution in [2.45, 2.75) is 49.9 Å². The van der Waals surface area contributed by atoms with Crippen LogP contribution in [0.15, 0.2) is 0 Å². The van der Waals surface area contributed by atoms with E-state index in [1.54, 1.807) is 0 Å². The van der Waals surface area contributed by atoms with Crippen LogP contribution >= 0.6 is 0 Å². The normalized spacial score (nSPS) is 10.5. The Morgan fingerprint density at radius 2 is 1.73 bits per heavy atom. The number of unbranched alkanes of at least 4 members (excludes halogenated alkanes) is 3. The van der Waals surface area contributed by atoms with E-state index < -0.39 is 13.3 Å². The molecular weight excluding hydrogens is 193 g/mol. The molecule has 0 fully saturated rings. The minimum atomic E-state index is -1.52. The quantitative estimate of drug-likeness (QED) is 0.382. The molecule has 0 bridgehead atoms. The number of hydrogen-bond acceptors (Lipinski definition) is 0. The Bertz CT molecular complexity index is 142. The Kier molecular flexibility index (Phi) is 5.77. The predicted molar refractivity (Wildman–Crippen MR) is 55.3 cm³/mol. The van der Waals surface area contributed by atoms with Gasteiger partial charge in [0.1, 0.15) is 0 Å². The SMILES string of the molecule is CCCCCC#[C][Ge]([CH3])([CH3])[CH3]. The summed E-state index contributed by atoms with van der Waals surface area (Å²) in [6.07, 6.45) is 5.06. The fourth-order valence-electron chi connectivity index (χ4n) is 0.791. The van der Waals surface area contributed by atoms with Gasteiger partial charge in [-0.25, -0.2) is 0 Å². The fraction of sp³-hybridized carbons (Fsp3) is 0.800. The summed E-state index contributed by atoms with van der Waals surface area (Å²) in [5.74, 6) is 10.3. The summed E-state index contributed by atoms with van der Waals surface area (Å²) in [6, 6.07) is 0. The maximum atomic E-state index is 3.42. The minimum absolute atomic E-state index is 1.12. The molecule has 0 aliphatic carbocycles. The zero-order valence-electron chi connectivity index (χ0n) is 8.33. The van der Waals surface area contributed by atoms with Crippen LogP contribution < -0.4 is 0 Å². The summed E-state index contributed by atoms with van der Waals surface area (Å²) in [5, 5.41) is 0. The third-order valence-electron chi connectivity index (χ3n) is 1.37. The van der Waals surface area contributed by atoms with Gasteiger partial charge < -0.3 is 0 Å². The topological polar surface area (TPSA) is 0 Å². The second-order valence-corrected chi connectivity index (χ2v) is 14.0. The van der Waals surface area contributed by atoms with Crippen molar-refractivity contribution < 1.29 is 0 Å². The Labute approximate surface area is 74.1 Å². The van der Waals surface area contributed by atoms with Crippen LogP contribution in [0.25, 0.3) is 0 Å². The average Bonchev–Trinajstić information content (AvgIpc) is 1.85. The molecule has 0 aliphatic heterocycles. The van der Waals surface area contributed by atoms with E-state index in [1.165, 1.54) is 19.3 Å². The summed E-state index contributed by atoms with van der Waals surface area (Å²) in [7, 11) is 0. The molecule has 1 heteroatoms. The van der Waals surface area contributed by atoms with Gasteiger partial charge in [-0.3, -0.25) is 0 Å². The summed E-state index contributed by atoms with van der Waals surface area (Å²) < 4.78 is 3.42. The van der Waals surface area contributed by atoms with E-state index in [0.29, 0.717) is 0 Å². The van der Waals surface area contributed by atoms with Crippen LogP contribution in [0.1, 0.15) is 32.6 Å². The summed E-state index contributed by atoms with van der Waals surface area (Å²) >= 11 is -1.52. The summed E-state index contributed by atoms with van der Waals surface area (Å²) in [5.41, 5.74) is 0. The Hall–Kier alpha value is 0.103. The van der Waals surface area contributed by atoms with E-state index in [9.17, 15) is 0 Å². The molecule has 64 valence electrons. The van der Waals surface area contributed by atoms with Crippen molar-refractivity contribution in [1.29, 1.82) is 0 Å². The molecule has 0 unspecified atom stereocenters. The molecule has 0 saturated heterocycles. The molecule has 11 heavy (non-hydrogen) atoms. The van der Waals surface area contributed by atoms with Crippen LogP contribution in [0.4, 0.5) is 0 Å². The van der Waals surface area contributed by atoms with Gasteiger partial charge in [0.15, 0.2) is 0 Å². The molecule has 0 aromatic carbocycles. The first kappa shape index (κ1) is 11.1. The van der Waals surface area contributed by atoms with Crippen LogP contribution in [0, 0.1) is 10.7 Å². The van der Waals surface area contributed by atoms with Crippen molar-refractivity contribution in [3.63, 3.8) is 0 Å². The third kappa shape index (κ3) is 10.1. The molecule has 0 rings (SSSR count). The second-order valence-electron chi connectivity index (χ2n) is 4.01. The summed E-state index contributed by atoms with van der Waals surface area (Å²) in [4.78, 5) is 0. The van der Waals surface area contributed by atoms with E-state index >= 15 is 0 Å². The van der Waals surface area contributed by atoms with Crippen LogP contribution in [-0.2, 0) is 0 Å². The molecule has 0 amide bonds. The molecule has 0 N–H and O–H groups in total. The molecule has 0 aromatic rings. The van der Waals surface area contributed by atoms with Gasteiger partial charge in [0.05, 0.1) is 0 Å². The zero-order chi connectivity index (χ0) is 8.74. The maximum absolute atomic E-state index is 3.42. The molecule has 0 spiro atoms.